The Kier molecular flexibility index (Phi) is 7.75. The molecule has 0 atom stereocenters. The van der Waals surface area contributed by atoms with Crippen molar-refractivity contribution in [3.05, 3.63) is 52.0 Å². The Labute approximate surface area is 184 Å². The molecule has 0 saturated heterocycles. The molecule has 2 rings (SSSR count). The molecule has 2 aromatic carbocycles. The highest BCUT2D eigenvalue weighted by atomic mass is 79.9. The molecule has 0 aliphatic carbocycles. The van der Waals surface area contributed by atoms with Crippen LogP contribution in [0.1, 0.15) is 30.9 Å². The lowest BCUT2D eigenvalue weighted by atomic mass is 10.0. The van der Waals surface area contributed by atoms with Crippen LogP contribution < -0.4 is 20.5 Å². The lowest BCUT2D eigenvalue weighted by Crippen LogP contribution is -2.37. The van der Waals surface area contributed by atoms with Gasteiger partial charge in [0.2, 0.25) is 10.0 Å². The molecule has 0 spiro atoms. The monoisotopic (exact) mass is 499 g/mol. The van der Waals surface area contributed by atoms with Crippen LogP contribution >= 0.6 is 28.1 Å². The smallest absolute Gasteiger partial charge is 0.264 e. The number of nitrogens with two attached hydrogens (primary N) is 1. The molecule has 7 nitrogen and oxygen atoms in total. The fourth-order valence-electron chi connectivity index (χ4n) is 2.44. The Morgan fingerprint density at radius 2 is 1.86 bits per heavy atom. The second-order valence-corrected chi connectivity index (χ2v) is 9.48. The van der Waals surface area contributed by atoms with Gasteiger partial charge in [-0.2, -0.15) is 0 Å². The number of carbonyl (C=O) groups excluding carboxylic acids is 1. The van der Waals surface area contributed by atoms with Crippen LogP contribution in [-0.2, 0) is 14.8 Å². The van der Waals surface area contributed by atoms with Crippen LogP contribution in [0.3, 0.4) is 0 Å². The van der Waals surface area contributed by atoms with Crippen molar-refractivity contribution in [1.82, 2.24) is 5.32 Å². The third-order valence-electron chi connectivity index (χ3n) is 3.97. The SMILES string of the molecule is Cc1cc(OCC(=O)NC(=S)Nc2ccc(S(N)(=O)=O)cc2)c(C(C)C)cc1Br. The van der Waals surface area contributed by atoms with Gasteiger partial charge in [-0.05, 0) is 72.6 Å². The summed E-state index contributed by atoms with van der Waals surface area (Å²) >= 11 is 8.61. The number of thiocarbonyl (C=S) groups is 1. The second-order valence-electron chi connectivity index (χ2n) is 6.65. The first-order valence-electron chi connectivity index (χ1n) is 8.64. The summed E-state index contributed by atoms with van der Waals surface area (Å²) < 4.78 is 29.2. The van der Waals surface area contributed by atoms with Crippen LogP contribution in [0.2, 0.25) is 0 Å². The fraction of sp³-hybridized carbons (Fsp3) is 0.263. The molecule has 4 N–H and O–H groups in total. The largest absolute Gasteiger partial charge is 0.483 e. The van der Waals surface area contributed by atoms with Crippen molar-refractivity contribution < 1.29 is 17.9 Å². The maximum atomic E-state index is 12.2. The summed E-state index contributed by atoms with van der Waals surface area (Å²) in [5, 5.41) is 10.4. The van der Waals surface area contributed by atoms with Gasteiger partial charge in [0.15, 0.2) is 11.7 Å². The number of benzene rings is 2. The van der Waals surface area contributed by atoms with Crippen LogP contribution in [0.4, 0.5) is 5.69 Å². The number of halogens is 1. The summed E-state index contributed by atoms with van der Waals surface area (Å²) in [4.78, 5) is 12.2. The van der Waals surface area contributed by atoms with Crippen LogP contribution in [0, 0.1) is 6.92 Å². The van der Waals surface area contributed by atoms with E-state index in [-0.39, 0.29) is 22.5 Å². The molecule has 0 radical (unpaired) electrons. The first-order chi connectivity index (χ1) is 13.5. The molecule has 0 aliphatic heterocycles. The van der Waals surface area contributed by atoms with Gasteiger partial charge in [0.1, 0.15) is 5.75 Å². The molecule has 0 saturated carbocycles. The van der Waals surface area contributed by atoms with E-state index >= 15 is 0 Å². The molecular weight excluding hydrogens is 478 g/mol. The zero-order valence-corrected chi connectivity index (χ0v) is 19.4. The molecular formula is C19H22BrN3O4S2. The van der Waals surface area contributed by atoms with Crippen LogP contribution in [0.5, 0.6) is 5.75 Å². The van der Waals surface area contributed by atoms with Crippen molar-refractivity contribution >= 4 is 54.9 Å². The van der Waals surface area contributed by atoms with Crippen LogP contribution in [0.25, 0.3) is 0 Å². The van der Waals surface area contributed by atoms with E-state index in [9.17, 15) is 13.2 Å². The van der Waals surface area contributed by atoms with Gasteiger partial charge in [-0.3, -0.25) is 10.1 Å². The second kappa shape index (κ2) is 9.66. The summed E-state index contributed by atoms with van der Waals surface area (Å²) in [5.41, 5.74) is 2.50. The molecule has 156 valence electrons. The molecule has 0 fully saturated rings. The van der Waals surface area contributed by atoms with E-state index in [2.05, 4.69) is 26.6 Å². The minimum atomic E-state index is -3.77. The average molecular weight is 500 g/mol. The third kappa shape index (κ3) is 6.77. The Morgan fingerprint density at radius 1 is 1.24 bits per heavy atom. The molecule has 29 heavy (non-hydrogen) atoms. The normalized spacial score (nSPS) is 11.2. The summed E-state index contributed by atoms with van der Waals surface area (Å²) in [6.07, 6.45) is 0. The van der Waals surface area contributed by atoms with E-state index in [0.29, 0.717) is 11.4 Å². The van der Waals surface area contributed by atoms with Crippen molar-refractivity contribution in [3.63, 3.8) is 0 Å². The highest BCUT2D eigenvalue weighted by Gasteiger charge is 2.13. The number of anilines is 1. The van der Waals surface area contributed by atoms with Crippen LogP contribution in [0.15, 0.2) is 45.8 Å². The lowest BCUT2D eigenvalue weighted by molar-refractivity contribution is -0.121. The maximum absolute atomic E-state index is 12.2. The Bertz CT molecular complexity index is 1020. The lowest BCUT2D eigenvalue weighted by Gasteiger charge is -2.16. The number of amides is 1. The summed E-state index contributed by atoms with van der Waals surface area (Å²) in [7, 11) is -3.77. The van der Waals surface area contributed by atoms with Crippen molar-refractivity contribution in [2.75, 3.05) is 11.9 Å². The Hall–Kier alpha value is -2.01. The van der Waals surface area contributed by atoms with Crippen molar-refractivity contribution in [1.29, 1.82) is 0 Å². The van der Waals surface area contributed by atoms with Crippen LogP contribution in [-0.4, -0.2) is 26.0 Å². The molecule has 0 aromatic heterocycles. The topological polar surface area (TPSA) is 111 Å². The number of hydrogen-bond acceptors (Lipinski definition) is 5. The van der Waals surface area contributed by atoms with Crippen molar-refractivity contribution in [2.45, 2.75) is 31.6 Å². The Balaban J connectivity index is 1.94. The minimum Gasteiger partial charge on any atom is -0.483 e. The summed E-state index contributed by atoms with van der Waals surface area (Å²) in [6.45, 7) is 5.84. The zero-order valence-electron chi connectivity index (χ0n) is 16.2. The highest BCUT2D eigenvalue weighted by Crippen LogP contribution is 2.32. The number of aryl methyl sites for hydroxylation is 1. The zero-order chi connectivity index (χ0) is 21.8. The molecule has 1 amide bonds. The number of rotatable bonds is 6. The molecule has 0 unspecified atom stereocenters. The van der Waals surface area contributed by atoms with Gasteiger partial charge in [0, 0.05) is 10.2 Å². The van der Waals surface area contributed by atoms with E-state index in [0.717, 1.165) is 15.6 Å². The number of primary sulfonamides is 1. The van der Waals surface area contributed by atoms with E-state index in [1.807, 2.05) is 32.9 Å². The number of nitrogens with one attached hydrogen (secondary N) is 2. The molecule has 10 heteroatoms. The molecule has 0 bridgehead atoms. The summed E-state index contributed by atoms with van der Waals surface area (Å²) in [5.74, 6) is 0.459. The first-order valence-corrected chi connectivity index (χ1v) is 11.4. The fourth-order valence-corrected chi connectivity index (χ4v) is 3.55. The first kappa shape index (κ1) is 23.3. The van der Waals surface area contributed by atoms with Crippen molar-refractivity contribution in [2.24, 2.45) is 5.14 Å². The van der Waals surface area contributed by atoms with E-state index in [1.54, 1.807) is 0 Å². The van der Waals surface area contributed by atoms with Gasteiger partial charge in [0.05, 0.1) is 4.90 Å². The number of sulfonamides is 1. The number of ether oxygens (including phenoxy) is 1. The predicted molar refractivity (Wildman–Crippen MR) is 121 cm³/mol. The van der Waals surface area contributed by atoms with E-state index in [1.165, 1.54) is 24.3 Å². The molecule has 2 aromatic rings. The Morgan fingerprint density at radius 3 is 2.41 bits per heavy atom. The van der Waals surface area contributed by atoms with Crippen molar-refractivity contribution in [3.8, 4) is 5.75 Å². The van der Waals surface area contributed by atoms with Gasteiger partial charge in [0.25, 0.3) is 5.91 Å². The number of hydrogen-bond donors (Lipinski definition) is 3. The van der Waals surface area contributed by atoms with Gasteiger partial charge >= 0.3 is 0 Å². The van der Waals surface area contributed by atoms with E-state index in [4.69, 9.17) is 22.1 Å². The highest BCUT2D eigenvalue weighted by molar-refractivity contribution is 9.10. The predicted octanol–water partition coefficient (Wildman–Crippen LogP) is 3.42. The van der Waals surface area contributed by atoms with Gasteiger partial charge in [-0.1, -0.05) is 29.8 Å². The van der Waals surface area contributed by atoms with Gasteiger partial charge in [-0.15, -0.1) is 0 Å². The summed E-state index contributed by atoms with van der Waals surface area (Å²) in [6, 6.07) is 9.55. The van der Waals surface area contributed by atoms with Gasteiger partial charge < -0.3 is 10.1 Å². The number of carbonyl (C=O) groups is 1. The maximum Gasteiger partial charge on any atom is 0.264 e. The molecule has 0 aliphatic rings. The standard InChI is InChI=1S/C19H22BrN3O4S2/c1-11(2)15-9-16(20)12(3)8-17(15)27-10-18(24)23-19(28)22-13-4-6-14(7-5-13)29(21,25)26/h4-9,11H,10H2,1-3H3,(H2,21,25,26)(H2,22,23,24,28). The quantitative estimate of drug-likeness (QED) is 0.525. The minimum absolute atomic E-state index is 0.0165. The third-order valence-corrected chi connectivity index (χ3v) is 5.95. The molecule has 0 heterocycles. The van der Waals surface area contributed by atoms with E-state index < -0.39 is 15.9 Å². The van der Waals surface area contributed by atoms with Gasteiger partial charge in [-0.25, -0.2) is 13.6 Å². The average Bonchev–Trinajstić information content (AvgIpc) is 2.61.